The molecule has 80 valence electrons. The van der Waals surface area contributed by atoms with E-state index in [1.807, 2.05) is 11.1 Å². The Labute approximate surface area is 90.1 Å². The van der Waals surface area contributed by atoms with E-state index < -0.39 is 0 Å². The van der Waals surface area contributed by atoms with Crippen molar-refractivity contribution < 1.29 is 4.79 Å². The number of carbonyl (C=O) groups excluding carboxylic acids is 1. The zero-order valence-electron chi connectivity index (χ0n) is 8.99. The molecule has 1 heterocycles. The largest absolute Gasteiger partial charge is 0.285 e. The Morgan fingerprint density at radius 3 is 2.93 bits per heavy atom. The lowest BCUT2D eigenvalue weighted by Crippen LogP contribution is -2.41. The molecule has 1 N–H and O–H groups in total. The minimum absolute atomic E-state index is 0.00768. The van der Waals surface area contributed by atoms with Crippen molar-refractivity contribution in [1.82, 2.24) is 5.43 Å². The third kappa shape index (κ3) is 2.29. The van der Waals surface area contributed by atoms with Gasteiger partial charge in [0.2, 0.25) is 5.91 Å². The number of nitrogens with one attached hydrogen (secondary N) is 1. The predicted octanol–water partition coefficient (Wildman–Crippen LogP) is 1.88. The summed E-state index contributed by atoms with van der Waals surface area (Å²) in [6.45, 7) is 2.45. The van der Waals surface area contributed by atoms with Crippen molar-refractivity contribution in [2.75, 3.05) is 11.6 Å². The average molecular weight is 204 g/mol. The van der Waals surface area contributed by atoms with Crippen molar-refractivity contribution >= 4 is 11.6 Å². The second-order valence-corrected chi connectivity index (χ2v) is 3.91. The molecule has 2 rings (SSSR count). The molecule has 0 fully saturated rings. The van der Waals surface area contributed by atoms with Crippen LogP contribution in [-0.2, 0) is 11.2 Å². The van der Waals surface area contributed by atoms with Gasteiger partial charge < -0.3 is 0 Å². The molecule has 0 atom stereocenters. The van der Waals surface area contributed by atoms with E-state index in [-0.39, 0.29) is 5.91 Å². The lowest BCUT2D eigenvalue weighted by molar-refractivity contribution is -0.119. The fourth-order valence-electron chi connectivity index (χ4n) is 2.00. The highest BCUT2D eigenvalue weighted by molar-refractivity contribution is 5.75. The molecule has 0 saturated carbocycles. The summed E-state index contributed by atoms with van der Waals surface area (Å²) in [5.41, 5.74) is 5.34. The molecule has 0 spiro atoms. The second-order valence-electron chi connectivity index (χ2n) is 3.91. The first kappa shape index (κ1) is 10.0. The topological polar surface area (TPSA) is 32.3 Å². The van der Waals surface area contributed by atoms with Gasteiger partial charge in [0.25, 0.3) is 0 Å². The van der Waals surface area contributed by atoms with Crippen molar-refractivity contribution in [2.45, 2.75) is 26.2 Å². The number of hydrazine groups is 1. The van der Waals surface area contributed by atoms with Crippen molar-refractivity contribution in [2.24, 2.45) is 0 Å². The fourth-order valence-corrected chi connectivity index (χ4v) is 2.00. The summed E-state index contributed by atoms with van der Waals surface area (Å²) in [5.74, 6) is -0.00768. The van der Waals surface area contributed by atoms with Gasteiger partial charge in [-0.2, -0.15) is 0 Å². The Kier molecular flexibility index (Phi) is 2.90. The number of benzene rings is 1. The highest BCUT2D eigenvalue weighted by atomic mass is 16.2. The van der Waals surface area contributed by atoms with E-state index in [2.05, 4.69) is 23.6 Å². The zero-order chi connectivity index (χ0) is 10.7. The molecular formula is C12H16N2O. The Morgan fingerprint density at radius 2 is 2.13 bits per heavy atom. The maximum absolute atomic E-state index is 11.1. The zero-order valence-corrected chi connectivity index (χ0v) is 8.99. The molecule has 0 unspecified atom stereocenters. The molecule has 1 amide bonds. The van der Waals surface area contributed by atoms with E-state index in [9.17, 15) is 4.79 Å². The molecule has 0 aromatic heterocycles. The molecule has 3 heteroatoms. The van der Waals surface area contributed by atoms with E-state index in [4.69, 9.17) is 0 Å². The highest BCUT2D eigenvalue weighted by Gasteiger charge is 2.14. The van der Waals surface area contributed by atoms with E-state index in [1.165, 1.54) is 12.0 Å². The number of hydrogen-bond donors (Lipinski definition) is 1. The lowest BCUT2D eigenvalue weighted by atomic mass is 10.1. The van der Waals surface area contributed by atoms with Gasteiger partial charge in [-0.15, -0.1) is 0 Å². The Hall–Kier alpha value is -1.51. The van der Waals surface area contributed by atoms with Crippen LogP contribution in [0.25, 0.3) is 0 Å². The van der Waals surface area contributed by atoms with Crippen LogP contribution in [0.4, 0.5) is 5.69 Å². The van der Waals surface area contributed by atoms with Crippen LogP contribution in [0.5, 0.6) is 0 Å². The van der Waals surface area contributed by atoms with Crippen molar-refractivity contribution in [1.29, 1.82) is 0 Å². The first-order valence-corrected chi connectivity index (χ1v) is 5.40. The van der Waals surface area contributed by atoms with Crippen LogP contribution in [0.2, 0.25) is 0 Å². The first-order chi connectivity index (χ1) is 7.27. The number of rotatable bonds is 1. The summed E-state index contributed by atoms with van der Waals surface area (Å²) < 4.78 is 0. The summed E-state index contributed by atoms with van der Waals surface area (Å²) in [7, 11) is 0. The molecule has 15 heavy (non-hydrogen) atoms. The summed E-state index contributed by atoms with van der Waals surface area (Å²) in [5, 5.41) is 1.96. The van der Waals surface area contributed by atoms with E-state index >= 15 is 0 Å². The molecule has 0 radical (unpaired) electrons. The lowest BCUT2D eigenvalue weighted by Gasteiger charge is -2.24. The van der Waals surface area contributed by atoms with Crippen LogP contribution in [0, 0.1) is 0 Å². The predicted molar refractivity (Wildman–Crippen MR) is 60.5 cm³/mol. The molecule has 0 saturated heterocycles. The minimum atomic E-state index is -0.00768. The van der Waals surface area contributed by atoms with Crippen LogP contribution in [0.15, 0.2) is 24.3 Å². The third-order valence-electron chi connectivity index (χ3n) is 2.65. The third-order valence-corrected chi connectivity index (χ3v) is 2.65. The number of hydrogen-bond acceptors (Lipinski definition) is 2. The highest BCUT2D eigenvalue weighted by Crippen LogP contribution is 2.24. The van der Waals surface area contributed by atoms with Crippen molar-refractivity contribution in [3.63, 3.8) is 0 Å². The van der Waals surface area contributed by atoms with Crippen LogP contribution in [-0.4, -0.2) is 12.5 Å². The number of para-hydroxylation sites is 1. The molecular weight excluding hydrogens is 188 g/mol. The Morgan fingerprint density at radius 1 is 1.33 bits per heavy atom. The van der Waals surface area contributed by atoms with Crippen molar-refractivity contribution in [3.8, 4) is 0 Å². The Bertz CT molecular complexity index is 362. The van der Waals surface area contributed by atoms with Gasteiger partial charge >= 0.3 is 0 Å². The number of carbonyl (C=O) groups is 1. The maximum atomic E-state index is 11.1. The first-order valence-electron chi connectivity index (χ1n) is 5.40. The van der Waals surface area contributed by atoms with E-state index in [0.29, 0.717) is 0 Å². The van der Waals surface area contributed by atoms with Crippen LogP contribution in [0.3, 0.4) is 0 Å². The average Bonchev–Trinajstić information content (AvgIpc) is 2.41. The van der Waals surface area contributed by atoms with Gasteiger partial charge in [-0.05, 0) is 30.9 Å². The second kappa shape index (κ2) is 4.34. The monoisotopic (exact) mass is 204 g/mol. The summed E-state index contributed by atoms with van der Waals surface area (Å²) >= 11 is 0. The van der Waals surface area contributed by atoms with Crippen LogP contribution in [0.1, 0.15) is 25.3 Å². The maximum Gasteiger partial charge on any atom is 0.235 e. The van der Waals surface area contributed by atoms with E-state index in [0.717, 1.165) is 25.1 Å². The van der Waals surface area contributed by atoms with Gasteiger partial charge in [-0.1, -0.05) is 18.2 Å². The van der Waals surface area contributed by atoms with Gasteiger partial charge in [0, 0.05) is 13.5 Å². The number of anilines is 1. The number of fused-ring (bicyclic) bond motifs is 1. The fraction of sp³-hybridized carbons (Fsp3) is 0.417. The van der Waals surface area contributed by atoms with Crippen LogP contribution >= 0.6 is 0 Å². The number of aryl methyl sites for hydroxylation is 1. The SMILES string of the molecule is CC(=O)NN1CCCCc2ccccc21. The molecule has 3 nitrogen and oxygen atoms in total. The minimum Gasteiger partial charge on any atom is -0.285 e. The number of nitrogens with zero attached hydrogens (tertiary/aromatic N) is 1. The molecule has 1 aliphatic rings. The van der Waals surface area contributed by atoms with Gasteiger partial charge in [-0.3, -0.25) is 15.2 Å². The molecule has 1 aromatic rings. The van der Waals surface area contributed by atoms with E-state index in [1.54, 1.807) is 6.92 Å². The normalized spacial score (nSPS) is 15.4. The van der Waals surface area contributed by atoms with Gasteiger partial charge in [0.15, 0.2) is 0 Å². The molecule has 0 bridgehead atoms. The summed E-state index contributed by atoms with van der Waals surface area (Å²) in [4.78, 5) is 11.1. The smallest absolute Gasteiger partial charge is 0.235 e. The molecule has 1 aromatic carbocycles. The van der Waals surface area contributed by atoms with Crippen LogP contribution < -0.4 is 10.4 Å². The molecule has 1 aliphatic heterocycles. The Balaban J connectivity index is 2.28. The molecule has 0 aliphatic carbocycles. The van der Waals surface area contributed by atoms with Gasteiger partial charge in [0.05, 0.1) is 5.69 Å². The van der Waals surface area contributed by atoms with Gasteiger partial charge in [0.1, 0.15) is 0 Å². The summed E-state index contributed by atoms with van der Waals surface area (Å²) in [6.07, 6.45) is 3.41. The van der Waals surface area contributed by atoms with Crippen molar-refractivity contribution in [3.05, 3.63) is 29.8 Å². The number of amides is 1. The summed E-state index contributed by atoms with van der Waals surface area (Å²) in [6, 6.07) is 8.27. The standard InChI is InChI=1S/C12H16N2O/c1-10(15)13-14-9-5-4-7-11-6-2-3-8-12(11)14/h2-3,6,8H,4-5,7,9H2,1H3,(H,13,15). The quantitative estimate of drug-likeness (QED) is 0.757. The van der Waals surface area contributed by atoms with Gasteiger partial charge in [-0.25, -0.2) is 0 Å².